The molecule has 0 fully saturated rings. The molecule has 0 atom stereocenters. The van der Waals surface area contributed by atoms with Crippen molar-refractivity contribution in [3.05, 3.63) is 22.8 Å². The molecule has 1 aromatic rings. The maximum Gasteiger partial charge on any atom is 0.144 e. The average Bonchev–Trinajstić information content (AvgIpc) is 2.02. The van der Waals surface area contributed by atoms with E-state index in [0.29, 0.717) is 5.69 Å². The fourth-order valence-corrected chi connectivity index (χ4v) is 1.25. The molecule has 1 N–H and O–H groups in total. The van der Waals surface area contributed by atoms with Crippen molar-refractivity contribution in [2.24, 2.45) is 4.99 Å². The maximum absolute atomic E-state index is 9.57. The van der Waals surface area contributed by atoms with Gasteiger partial charge in [-0.25, -0.2) is 0 Å². The first-order chi connectivity index (χ1) is 5.57. The number of hydrogen-bond acceptors (Lipinski definition) is 2. The summed E-state index contributed by atoms with van der Waals surface area (Å²) >= 11 is 0. The second kappa shape index (κ2) is 2.97. The predicted octanol–water partition coefficient (Wildman–Crippen LogP) is 2.65. The van der Waals surface area contributed by atoms with Crippen LogP contribution in [0.5, 0.6) is 5.75 Å². The number of benzene rings is 1. The Morgan fingerprint density at radius 1 is 1.25 bits per heavy atom. The van der Waals surface area contributed by atoms with Crippen molar-refractivity contribution >= 4 is 12.4 Å². The van der Waals surface area contributed by atoms with Gasteiger partial charge in [0.15, 0.2) is 0 Å². The van der Waals surface area contributed by atoms with E-state index >= 15 is 0 Å². The van der Waals surface area contributed by atoms with Gasteiger partial charge in [0.25, 0.3) is 0 Å². The molecule has 0 saturated carbocycles. The lowest BCUT2D eigenvalue weighted by Crippen LogP contribution is -1.85. The molecule has 0 bridgehead atoms. The van der Waals surface area contributed by atoms with Gasteiger partial charge in [0.05, 0.1) is 0 Å². The lowest BCUT2D eigenvalue weighted by atomic mass is 10.0. The second-order valence-corrected chi connectivity index (χ2v) is 2.99. The van der Waals surface area contributed by atoms with Gasteiger partial charge >= 0.3 is 0 Å². The van der Waals surface area contributed by atoms with Crippen molar-refractivity contribution in [2.75, 3.05) is 0 Å². The Morgan fingerprint density at radius 3 is 2.33 bits per heavy atom. The standard InChI is InChI=1S/C10H13NO/c1-6-5-7(2)10(12)9(11-4)8(6)3/h5,12H,4H2,1-3H3. The van der Waals surface area contributed by atoms with Gasteiger partial charge < -0.3 is 5.11 Å². The fourth-order valence-electron chi connectivity index (χ4n) is 1.25. The van der Waals surface area contributed by atoms with Crippen LogP contribution in [0.3, 0.4) is 0 Å². The third-order valence-electron chi connectivity index (χ3n) is 2.14. The summed E-state index contributed by atoms with van der Waals surface area (Å²) in [6.07, 6.45) is 0. The van der Waals surface area contributed by atoms with Gasteiger partial charge in [-0.3, -0.25) is 4.99 Å². The van der Waals surface area contributed by atoms with Gasteiger partial charge in [0, 0.05) is 0 Å². The third-order valence-corrected chi connectivity index (χ3v) is 2.14. The summed E-state index contributed by atoms with van der Waals surface area (Å²) in [7, 11) is 0. The Balaban J connectivity index is 3.52. The highest BCUT2D eigenvalue weighted by Crippen LogP contribution is 2.34. The number of phenols is 1. The molecule has 2 nitrogen and oxygen atoms in total. The Morgan fingerprint density at radius 2 is 1.83 bits per heavy atom. The number of nitrogens with zero attached hydrogens (tertiary/aromatic N) is 1. The van der Waals surface area contributed by atoms with Crippen molar-refractivity contribution in [1.29, 1.82) is 0 Å². The molecule has 0 saturated heterocycles. The number of aromatic hydroxyl groups is 1. The Labute approximate surface area is 72.6 Å². The van der Waals surface area contributed by atoms with E-state index in [0.717, 1.165) is 16.7 Å². The molecule has 0 heterocycles. The molecule has 0 aliphatic carbocycles. The summed E-state index contributed by atoms with van der Waals surface area (Å²) in [6.45, 7) is 9.21. The summed E-state index contributed by atoms with van der Waals surface area (Å²) in [6, 6.07) is 1.94. The number of hydrogen-bond donors (Lipinski definition) is 1. The van der Waals surface area contributed by atoms with Crippen molar-refractivity contribution in [2.45, 2.75) is 20.8 Å². The van der Waals surface area contributed by atoms with E-state index in [4.69, 9.17) is 0 Å². The molecule has 12 heavy (non-hydrogen) atoms. The van der Waals surface area contributed by atoms with Gasteiger partial charge in [0.1, 0.15) is 11.4 Å². The van der Waals surface area contributed by atoms with E-state index in [1.165, 1.54) is 0 Å². The van der Waals surface area contributed by atoms with Crippen LogP contribution in [-0.2, 0) is 0 Å². The SMILES string of the molecule is C=Nc1c(C)c(C)cc(C)c1O. The molecular weight excluding hydrogens is 150 g/mol. The van der Waals surface area contributed by atoms with E-state index in [1.54, 1.807) is 0 Å². The molecular formula is C10H13NO. The number of phenolic OH excluding ortho intramolecular Hbond substituents is 1. The third kappa shape index (κ3) is 1.20. The molecule has 1 aromatic carbocycles. The van der Waals surface area contributed by atoms with Gasteiger partial charge in [-0.05, 0) is 44.2 Å². The molecule has 0 amide bonds. The number of aliphatic imine (C=N–C) groups is 1. The summed E-state index contributed by atoms with van der Waals surface area (Å²) in [5.41, 5.74) is 3.58. The van der Waals surface area contributed by atoms with Crippen LogP contribution < -0.4 is 0 Å². The van der Waals surface area contributed by atoms with Crippen LogP contribution >= 0.6 is 0 Å². The highest BCUT2D eigenvalue weighted by Gasteiger charge is 2.08. The fraction of sp³-hybridized carbons (Fsp3) is 0.300. The first-order valence-corrected chi connectivity index (χ1v) is 3.84. The molecule has 2 heteroatoms. The van der Waals surface area contributed by atoms with Gasteiger partial charge in [-0.1, -0.05) is 6.07 Å². The van der Waals surface area contributed by atoms with Crippen molar-refractivity contribution < 1.29 is 5.11 Å². The summed E-state index contributed by atoms with van der Waals surface area (Å²) < 4.78 is 0. The predicted molar refractivity (Wildman–Crippen MR) is 51.5 cm³/mol. The van der Waals surface area contributed by atoms with Gasteiger partial charge in [-0.15, -0.1) is 0 Å². The number of rotatable bonds is 1. The highest BCUT2D eigenvalue weighted by atomic mass is 16.3. The minimum atomic E-state index is 0.244. The highest BCUT2D eigenvalue weighted by molar-refractivity contribution is 5.65. The Hall–Kier alpha value is -1.31. The summed E-state index contributed by atoms with van der Waals surface area (Å²) in [5, 5.41) is 9.57. The summed E-state index contributed by atoms with van der Waals surface area (Å²) in [5.74, 6) is 0.244. The normalized spacial score (nSPS) is 9.92. The first-order valence-electron chi connectivity index (χ1n) is 3.84. The molecule has 0 spiro atoms. The van der Waals surface area contributed by atoms with E-state index in [2.05, 4.69) is 11.7 Å². The van der Waals surface area contributed by atoms with Crippen LogP contribution in [-0.4, -0.2) is 11.8 Å². The van der Waals surface area contributed by atoms with E-state index in [1.807, 2.05) is 26.8 Å². The van der Waals surface area contributed by atoms with Crippen LogP contribution in [0.15, 0.2) is 11.1 Å². The van der Waals surface area contributed by atoms with Crippen LogP contribution in [0, 0.1) is 20.8 Å². The average molecular weight is 163 g/mol. The largest absolute Gasteiger partial charge is 0.505 e. The topological polar surface area (TPSA) is 32.6 Å². The van der Waals surface area contributed by atoms with Crippen molar-refractivity contribution in [3.63, 3.8) is 0 Å². The Kier molecular flexibility index (Phi) is 2.18. The summed E-state index contributed by atoms with van der Waals surface area (Å²) in [4.78, 5) is 3.79. The smallest absolute Gasteiger partial charge is 0.144 e. The molecule has 64 valence electrons. The second-order valence-electron chi connectivity index (χ2n) is 2.99. The Bertz CT molecular complexity index is 303. The zero-order valence-corrected chi connectivity index (χ0v) is 7.68. The number of aryl methyl sites for hydroxylation is 2. The maximum atomic E-state index is 9.57. The first kappa shape index (κ1) is 8.78. The molecule has 1 rings (SSSR count). The quantitative estimate of drug-likeness (QED) is 0.634. The van der Waals surface area contributed by atoms with E-state index in [9.17, 15) is 5.11 Å². The van der Waals surface area contributed by atoms with E-state index < -0.39 is 0 Å². The van der Waals surface area contributed by atoms with Crippen molar-refractivity contribution in [1.82, 2.24) is 0 Å². The van der Waals surface area contributed by atoms with Crippen LogP contribution in [0.4, 0.5) is 5.69 Å². The lowest BCUT2D eigenvalue weighted by molar-refractivity contribution is 0.472. The van der Waals surface area contributed by atoms with Gasteiger partial charge in [0.2, 0.25) is 0 Å². The van der Waals surface area contributed by atoms with E-state index in [-0.39, 0.29) is 5.75 Å². The molecule has 0 radical (unpaired) electrons. The molecule has 0 aliphatic heterocycles. The van der Waals surface area contributed by atoms with Gasteiger partial charge in [-0.2, -0.15) is 0 Å². The van der Waals surface area contributed by atoms with Crippen LogP contribution in [0.25, 0.3) is 0 Å². The molecule has 0 aromatic heterocycles. The molecule has 0 aliphatic rings. The molecule has 0 unspecified atom stereocenters. The van der Waals surface area contributed by atoms with Crippen molar-refractivity contribution in [3.8, 4) is 5.75 Å². The minimum Gasteiger partial charge on any atom is -0.505 e. The monoisotopic (exact) mass is 163 g/mol. The van der Waals surface area contributed by atoms with Crippen LogP contribution in [0.1, 0.15) is 16.7 Å². The zero-order chi connectivity index (χ0) is 9.30. The lowest BCUT2D eigenvalue weighted by Gasteiger charge is -2.08. The zero-order valence-electron chi connectivity index (χ0n) is 7.68. The van der Waals surface area contributed by atoms with Crippen LogP contribution in [0.2, 0.25) is 0 Å². The minimum absolute atomic E-state index is 0.244.